The van der Waals surface area contributed by atoms with E-state index in [1.807, 2.05) is 0 Å². The van der Waals surface area contributed by atoms with E-state index in [0.29, 0.717) is 47.3 Å². The second kappa shape index (κ2) is 8.72. The summed E-state index contributed by atoms with van der Waals surface area (Å²) in [5, 5.41) is 3.51. The van der Waals surface area contributed by atoms with Crippen molar-refractivity contribution in [2.45, 2.75) is 6.92 Å². The first kappa shape index (κ1) is 20.3. The van der Waals surface area contributed by atoms with Crippen molar-refractivity contribution in [3.63, 3.8) is 0 Å². The summed E-state index contributed by atoms with van der Waals surface area (Å²) in [5.74, 6) is -1.21. The molecular weight excluding hydrogens is 404 g/mol. The van der Waals surface area contributed by atoms with Gasteiger partial charge in [-0.1, -0.05) is 11.6 Å². The minimum atomic E-state index is -0.610. The highest BCUT2D eigenvalue weighted by atomic mass is 35.5. The number of rotatable bonds is 4. The van der Waals surface area contributed by atoms with Gasteiger partial charge in [-0.3, -0.25) is 9.59 Å². The third-order valence-corrected chi connectivity index (χ3v) is 5.81. The van der Waals surface area contributed by atoms with Crippen LogP contribution >= 0.6 is 22.9 Å². The highest BCUT2D eigenvalue weighted by molar-refractivity contribution is 7.18. The van der Waals surface area contributed by atoms with Crippen LogP contribution in [0.3, 0.4) is 0 Å². The maximum atomic E-state index is 12.9. The molecule has 0 saturated carbocycles. The molecule has 0 aliphatic carbocycles. The van der Waals surface area contributed by atoms with E-state index in [-0.39, 0.29) is 16.5 Å². The van der Waals surface area contributed by atoms with Crippen LogP contribution in [0.5, 0.6) is 0 Å². The first-order valence-electron chi connectivity index (χ1n) is 8.58. The fraction of sp³-hybridized carbons (Fsp3) is 0.316. The van der Waals surface area contributed by atoms with E-state index in [1.54, 1.807) is 36.1 Å². The van der Waals surface area contributed by atoms with Crippen molar-refractivity contribution >= 4 is 45.7 Å². The second-order valence-electron chi connectivity index (χ2n) is 6.12. The van der Waals surface area contributed by atoms with Gasteiger partial charge in [0.1, 0.15) is 5.00 Å². The molecule has 1 aromatic carbocycles. The van der Waals surface area contributed by atoms with Crippen molar-refractivity contribution in [1.29, 1.82) is 0 Å². The van der Waals surface area contributed by atoms with Gasteiger partial charge in [-0.2, -0.15) is 0 Å². The molecule has 3 rings (SSSR count). The fourth-order valence-electron chi connectivity index (χ4n) is 2.84. The highest BCUT2D eigenvalue weighted by Crippen LogP contribution is 2.35. The Bertz CT molecular complexity index is 904. The Kier molecular flexibility index (Phi) is 6.33. The van der Waals surface area contributed by atoms with E-state index in [1.165, 1.54) is 7.11 Å². The molecule has 28 heavy (non-hydrogen) atoms. The molecule has 9 heteroatoms. The van der Waals surface area contributed by atoms with Crippen molar-refractivity contribution in [2.24, 2.45) is 0 Å². The molecule has 0 radical (unpaired) electrons. The first-order chi connectivity index (χ1) is 13.4. The number of morpholine rings is 1. The molecule has 1 N–H and O–H groups in total. The number of nitrogens with one attached hydrogen (secondary N) is 1. The molecule has 2 heterocycles. The molecule has 1 fully saturated rings. The molecule has 0 unspecified atom stereocenters. The molecule has 2 aromatic rings. The predicted octanol–water partition coefficient (Wildman–Crippen LogP) is 3.22. The number of halogens is 1. The fourth-order valence-corrected chi connectivity index (χ4v) is 4.12. The summed E-state index contributed by atoms with van der Waals surface area (Å²) in [7, 11) is 1.26. The van der Waals surface area contributed by atoms with E-state index < -0.39 is 11.9 Å². The molecule has 148 valence electrons. The maximum Gasteiger partial charge on any atom is 0.341 e. The van der Waals surface area contributed by atoms with Crippen molar-refractivity contribution in [3.8, 4) is 0 Å². The molecule has 1 aliphatic rings. The number of anilines is 1. The molecule has 1 aromatic heterocycles. The van der Waals surface area contributed by atoms with Crippen molar-refractivity contribution in [1.82, 2.24) is 4.90 Å². The van der Waals surface area contributed by atoms with Gasteiger partial charge in [0.05, 0.1) is 30.8 Å². The molecule has 2 amide bonds. The van der Waals surface area contributed by atoms with E-state index in [4.69, 9.17) is 21.1 Å². The third-order valence-electron chi connectivity index (χ3n) is 4.36. The van der Waals surface area contributed by atoms with Crippen LogP contribution in [-0.2, 0) is 9.47 Å². The first-order valence-corrected chi connectivity index (χ1v) is 9.77. The van der Waals surface area contributed by atoms with Gasteiger partial charge in [0, 0.05) is 23.7 Å². The number of carbonyl (C=O) groups excluding carboxylic acids is 3. The number of hydrogen-bond acceptors (Lipinski definition) is 6. The van der Waals surface area contributed by atoms with Crippen molar-refractivity contribution in [3.05, 3.63) is 50.9 Å². The summed E-state index contributed by atoms with van der Waals surface area (Å²) < 4.78 is 10.1. The average Bonchev–Trinajstić information content (AvgIpc) is 3.03. The predicted molar refractivity (Wildman–Crippen MR) is 107 cm³/mol. The Labute approximate surface area is 171 Å². The highest BCUT2D eigenvalue weighted by Gasteiger charge is 2.29. The Hall–Kier alpha value is -2.42. The summed E-state index contributed by atoms with van der Waals surface area (Å²) in [6.45, 7) is 3.58. The summed E-state index contributed by atoms with van der Waals surface area (Å²) in [5.41, 5.74) is 1.05. The molecule has 1 aliphatic heterocycles. The van der Waals surface area contributed by atoms with E-state index >= 15 is 0 Å². The van der Waals surface area contributed by atoms with Gasteiger partial charge in [-0.15, -0.1) is 11.3 Å². The number of thiophene rings is 1. The van der Waals surface area contributed by atoms with Crippen LogP contribution in [0.4, 0.5) is 5.00 Å². The van der Waals surface area contributed by atoms with Gasteiger partial charge in [0.15, 0.2) is 0 Å². The quantitative estimate of drug-likeness (QED) is 0.764. The zero-order valence-electron chi connectivity index (χ0n) is 15.4. The van der Waals surface area contributed by atoms with E-state index in [9.17, 15) is 14.4 Å². The van der Waals surface area contributed by atoms with Gasteiger partial charge in [0.2, 0.25) is 0 Å². The Morgan fingerprint density at radius 2 is 1.82 bits per heavy atom. The lowest BCUT2D eigenvalue weighted by molar-refractivity contribution is 0.0305. The number of nitrogens with zero attached hydrogens (tertiary/aromatic N) is 1. The summed E-state index contributed by atoms with van der Waals surface area (Å²) in [4.78, 5) is 39.8. The van der Waals surface area contributed by atoms with Crippen LogP contribution in [-0.4, -0.2) is 56.1 Å². The number of benzene rings is 1. The smallest absolute Gasteiger partial charge is 0.341 e. The van der Waals surface area contributed by atoms with Gasteiger partial charge in [-0.25, -0.2) is 4.79 Å². The SMILES string of the molecule is COC(=O)c1c(NC(=O)c2ccc(Cl)cc2)sc(C(=O)N2CCOCC2)c1C. The number of ether oxygens (including phenoxy) is 2. The van der Waals surface area contributed by atoms with Crippen LogP contribution in [0, 0.1) is 6.92 Å². The number of hydrogen-bond donors (Lipinski definition) is 1. The van der Waals surface area contributed by atoms with Crippen LogP contribution < -0.4 is 5.32 Å². The van der Waals surface area contributed by atoms with Gasteiger partial charge in [0.25, 0.3) is 11.8 Å². The monoisotopic (exact) mass is 422 g/mol. The number of esters is 1. The number of amides is 2. The summed E-state index contributed by atoms with van der Waals surface area (Å²) in [6.07, 6.45) is 0. The van der Waals surface area contributed by atoms with Crippen LogP contribution in [0.15, 0.2) is 24.3 Å². The zero-order chi connectivity index (χ0) is 20.3. The average molecular weight is 423 g/mol. The molecule has 0 atom stereocenters. The molecular formula is C19H19ClN2O5S. The molecule has 0 bridgehead atoms. The molecule has 0 spiro atoms. The minimum Gasteiger partial charge on any atom is -0.465 e. The van der Waals surface area contributed by atoms with E-state index in [0.717, 1.165) is 11.3 Å². The van der Waals surface area contributed by atoms with E-state index in [2.05, 4.69) is 5.32 Å². The van der Waals surface area contributed by atoms with Crippen molar-refractivity contribution in [2.75, 3.05) is 38.7 Å². The Balaban J connectivity index is 1.92. The lowest BCUT2D eigenvalue weighted by atomic mass is 10.1. The zero-order valence-corrected chi connectivity index (χ0v) is 17.0. The topological polar surface area (TPSA) is 84.9 Å². The molecule has 1 saturated heterocycles. The van der Waals surface area contributed by atoms with Gasteiger partial charge < -0.3 is 19.7 Å². The maximum absolute atomic E-state index is 12.9. The summed E-state index contributed by atoms with van der Waals surface area (Å²) >= 11 is 6.92. The number of methoxy groups -OCH3 is 1. The standard InChI is InChI=1S/C19H19ClN2O5S/c1-11-14(19(25)26-2)17(21-16(23)12-3-5-13(20)6-4-12)28-15(11)18(24)22-7-9-27-10-8-22/h3-6H,7-10H2,1-2H3,(H,21,23). The number of carbonyl (C=O) groups is 3. The van der Waals surface area contributed by atoms with Gasteiger partial charge >= 0.3 is 5.97 Å². The Morgan fingerprint density at radius 3 is 2.43 bits per heavy atom. The van der Waals surface area contributed by atoms with Crippen LogP contribution in [0.1, 0.15) is 36.0 Å². The lowest BCUT2D eigenvalue weighted by Gasteiger charge is -2.26. The molecule has 7 nitrogen and oxygen atoms in total. The normalized spacial score (nSPS) is 13.9. The van der Waals surface area contributed by atoms with Crippen molar-refractivity contribution < 1.29 is 23.9 Å². The van der Waals surface area contributed by atoms with Crippen LogP contribution in [0.25, 0.3) is 0 Å². The largest absolute Gasteiger partial charge is 0.465 e. The second-order valence-corrected chi connectivity index (χ2v) is 7.57. The lowest BCUT2D eigenvalue weighted by Crippen LogP contribution is -2.40. The van der Waals surface area contributed by atoms with Gasteiger partial charge in [-0.05, 0) is 36.8 Å². The van der Waals surface area contributed by atoms with Crippen LogP contribution in [0.2, 0.25) is 5.02 Å². The Morgan fingerprint density at radius 1 is 1.18 bits per heavy atom. The third kappa shape index (κ3) is 4.19. The minimum absolute atomic E-state index is 0.187. The summed E-state index contributed by atoms with van der Waals surface area (Å²) in [6, 6.07) is 6.36.